The van der Waals surface area contributed by atoms with E-state index in [1.807, 2.05) is 35.2 Å². The Morgan fingerprint density at radius 3 is 2.83 bits per heavy atom. The summed E-state index contributed by atoms with van der Waals surface area (Å²) in [6, 6.07) is 12.0. The Balaban J connectivity index is 1.45. The molecule has 0 N–H and O–H groups in total. The molecule has 1 amide bonds. The van der Waals surface area contributed by atoms with Crippen LogP contribution in [0.3, 0.4) is 0 Å². The van der Waals surface area contributed by atoms with E-state index in [2.05, 4.69) is 23.0 Å². The summed E-state index contributed by atoms with van der Waals surface area (Å²) < 4.78 is 0. The van der Waals surface area contributed by atoms with E-state index in [1.54, 1.807) is 6.20 Å². The maximum absolute atomic E-state index is 12.8. The number of aromatic nitrogens is 1. The van der Waals surface area contributed by atoms with Gasteiger partial charge in [0, 0.05) is 32.0 Å². The van der Waals surface area contributed by atoms with E-state index in [0.717, 1.165) is 36.9 Å². The number of amides is 1. The molecule has 1 fully saturated rings. The van der Waals surface area contributed by atoms with Crippen LogP contribution in [-0.4, -0.2) is 31.0 Å². The van der Waals surface area contributed by atoms with Gasteiger partial charge >= 0.3 is 0 Å². The lowest BCUT2D eigenvalue weighted by atomic mass is 10.2. The molecule has 4 heteroatoms. The molecule has 2 aliphatic rings. The number of carbonyl (C=O) groups is 1. The van der Waals surface area contributed by atoms with Gasteiger partial charge in [0.25, 0.3) is 5.91 Å². The largest absolute Gasteiger partial charge is 0.360 e. The Hall–Kier alpha value is -2.36. The molecule has 0 bridgehead atoms. The molecule has 2 aromatic rings. The maximum atomic E-state index is 12.8. The molecular formula is C20H23N3O. The number of fused-ring (bicyclic) bond motifs is 1. The van der Waals surface area contributed by atoms with Crippen molar-refractivity contribution in [3.05, 3.63) is 53.7 Å². The number of pyridine rings is 1. The van der Waals surface area contributed by atoms with Crippen LogP contribution in [0.25, 0.3) is 0 Å². The van der Waals surface area contributed by atoms with Crippen LogP contribution >= 0.6 is 0 Å². The summed E-state index contributed by atoms with van der Waals surface area (Å²) in [5.74, 6) is 1.90. The monoisotopic (exact) mass is 321 g/mol. The maximum Gasteiger partial charge on any atom is 0.259 e. The fourth-order valence-electron chi connectivity index (χ4n) is 3.34. The molecule has 2 heterocycles. The predicted molar refractivity (Wildman–Crippen MR) is 96.7 cm³/mol. The minimum absolute atomic E-state index is 0.0413. The Morgan fingerprint density at radius 2 is 2.08 bits per heavy atom. The van der Waals surface area contributed by atoms with Crippen molar-refractivity contribution >= 4 is 17.4 Å². The standard InChI is InChI=1S/C20H23N3O/c1-22(12-10-15-6-7-15)19-9-8-17(14-21-19)20(24)23-13-11-16-4-2-3-5-18(16)23/h2-5,8-9,14-15H,6-7,10-13H2,1H3. The Bertz CT molecular complexity index is 737. The summed E-state index contributed by atoms with van der Waals surface area (Å²) in [5, 5.41) is 0. The minimum atomic E-state index is 0.0413. The normalized spacial score (nSPS) is 16.1. The molecule has 0 saturated heterocycles. The Kier molecular flexibility index (Phi) is 3.97. The summed E-state index contributed by atoms with van der Waals surface area (Å²) in [6.45, 7) is 1.78. The first-order valence-electron chi connectivity index (χ1n) is 8.79. The van der Waals surface area contributed by atoms with Gasteiger partial charge in [-0.2, -0.15) is 0 Å². The molecule has 4 nitrogen and oxygen atoms in total. The van der Waals surface area contributed by atoms with Gasteiger partial charge in [-0.1, -0.05) is 31.0 Å². The molecule has 0 atom stereocenters. The van der Waals surface area contributed by atoms with Gasteiger partial charge < -0.3 is 9.80 Å². The van der Waals surface area contributed by atoms with Crippen molar-refractivity contribution in [3.63, 3.8) is 0 Å². The van der Waals surface area contributed by atoms with Crippen molar-refractivity contribution in [2.75, 3.05) is 29.9 Å². The average Bonchev–Trinajstić information content (AvgIpc) is 3.36. The molecule has 24 heavy (non-hydrogen) atoms. The van der Waals surface area contributed by atoms with E-state index >= 15 is 0 Å². The lowest BCUT2D eigenvalue weighted by Crippen LogP contribution is -2.29. The summed E-state index contributed by atoms with van der Waals surface area (Å²) >= 11 is 0. The van der Waals surface area contributed by atoms with Gasteiger partial charge in [0.15, 0.2) is 0 Å². The summed E-state index contributed by atoms with van der Waals surface area (Å²) in [6.07, 6.45) is 6.64. The van der Waals surface area contributed by atoms with Crippen molar-refractivity contribution in [3.8, 4) is 0 Å². The van der Waals surface area contributed by atoms with E-state index < -0.39 is 0 Å². The first-order chi connectivity index (χ1) is 11.7. The number of benzene rings is 1. The fraction of sp³-hybridized carbons (Fsp3) is 0.400. The second-order valence-corrected chi connectivity index (χ2v) is 6.89. The SMILES string of the molecule is CN(CCC1CC1)c1ccc(C(=O)N2CCc3ccccc32)cn1. The number of rotatable bonds is 5. The topological polar surface area (TPSA) is 36.4 Å². The van der Waals surface area contributed by atoms with Crippen LogP contribution in [0, 0.1) is 5.92 Å². The van der Waals surface area contributed by atoms with E-state index in [9.17, 15) is 4.79 Å². The highest BCUT2D eigenvalue weighted by molar-refractivity contribution is 6.07. The van der Waals surface area contributed by atoms with Crippen molar-refractivity contribution in [2.45, 2.75) is 25.7 Å². The lowest BCUT2D eigenvalue weighted by molar-refractivity contribution is 0.0989. The number of anilines is 2. The zero-order valence-electron chi connectivity index (χ0n) is 14.1. The summed E-state index contributed by atoms with van der Waals surface area (Å²) in [7, 11) is 2.07. The molecular weight excluding hydrogens is 298 g/mol. The third kappa shape index (κ3) is 3.01. The van der Waals surface area contributed by atoms with Crippen molar-refractivity contribution in [1.29, 1.82) is 0 Å². The lowest BCUT2D eigenvalue weighted by Gasteiger charge is -2.20. The molecule has 1 aliphatic carbocycles. The first kappa shape index (κ1) is 15.2. The molecule has 4 rings (SSSR count). The highest BCUT2D eigenvalue weighted by Gasteiger charge is 2.25. The van der Waals surface area contributed by atoms with E-state index in [4.69, 9.17) is 0 Å². The van der Waals surface area contributed by atoms with Crippen molar-refractivity contribution < 1.29 is 4.79 Å². The smallest absolute Gasteiger partial charge is 0.259 e. The van der Waals surface area contributed by atoms with Gasteiger partial charge in [-0.15, -0.1) is 0 Å². The molecule has 1 aliphatic heterocycles. The summed E-state index contributed by atoms with van der Waals surface area (Å²) in [5.41, 5.74) is 2.94. The van der Waals surface area contributed by atoms with Gasteiger partial charge in [0.1, 0.15) is 5.82 Å². The second kappa shape index (κ2) is 6.27. The molecule has 0 spiro atoms. The van der Waals surface area contributed by atoms with Crippen LogP contribution in [0.5, 0.6) is 0 Å². The summed E-state index contributed by atoms with van der Waals surface area (Å²) in [4.78, 5) is 21.3. The quantitative estimate of drug-likeness (QED) is 0.845. The molecule has 0 unspecified atom stereocenters. The highest BCUT2D eigenvalue weighted by atomic mass is 16.2. The third-order valence-corrected chi connectivity index (χ3v) is 5.09. The van der Waals surface area contributed by atoms with Crippen LogP contribution in [0.2, 0.25) is 0 Å². The zero-order chi connectivity index (χ0) is 16.5. The van der Waals surface area contributed by atoms with Gasteiger partial charge in [-0.25, -0.2) is 4.98 Å². The number of nitrogens with zero attached hydrogens (tertiary/aromatic N) is 3. The van der Waals surface area contributed by atoms with Crippen LogP contribution in [-0.2, 0) is 6.42 Å². The number of para-hydroxylation sites is 1. The Labute approximate surface area is 143 Å². The fourth-order valence-corrected chi connectivity index (χ4v) is 3.34. The Morgan fingerprint density at radius 1 is 1.25 bits per heavy atom. The van der Waals surface area contributed by atoms with Crippen LogP contribution in [0.4, 0.5) is 11.5 Å². The van der Waals surface area contributed by atoms with Gasteiger partial charge in [-0.05, 0) is 42.5 Å². The number of carbonyl (C=O) groups excluding carboxylic acids is 1. The van der Waals surface area contributed by atoms with Crippen molar-refractivity contribution in [2.24, 2.45) is 5.92 Å². The van der Waals surface area contributed by atoms with Gasteiger partial charge in [-0.3, -0.25) is 4.79 Å². The van der Waals surface area contributed by atoms with Crippen LogP contribution < -0.4 is 9.80 Å². The minimum Gasteiger partial charge on any atom is -0.360 e. The van der Waals surface area contributed by atoms with E-state index in [0.29, 0.717) is 5.56 Å². The first-order valence-corrected chi connectivity index (χ1v) is 8.79. The number of hydrogen-bond acceptors (Lipinski definition) is 3. The highest BCUT2D eigenvalue weighted by Crippen LogP contribution is 2.32. The molecule has 1 saturated carbocycles. The molecule has 0 radical (unpaired) electrons. The second-order valence-electron chi connectivity index (χ2n) is 6.89. The van der Waals surface area contributed by atoms with Crippen LogP contribution in [0.15, 0.2) is 42.6 Å². The molecule has 124 valence electrons. The predicted octanol–water partition coefficient (Wildman–Crippen LogP) is 3.52. The van der Waals surface area contributed by atoms with Gasteiger partial charge in [0.05, 0.1) is 5.56 Å². The van der Waals surface area contributed by atoms with E-state index in [-0.39, 0.29) is 5.91 Å². The third-order valence-electron chi connectivity index (χ3n) is 5.09. The van der Waals surface area contributed by atoms with Gasteiger partial charge in [0.2, 0.25) is 0 Å². The number of hydrogen-bond donors (Lipinski definition) is 0. The molecule has 1 aromatic carbocycles. The van der Waals surface area contributed by atoms with Crippen molar-refractivity contribution in [1.82, 2.24) is 4.98 Å². The molecule has 1 aromatic heterocycles. The average molecular weight is 321 g/mol. The van der Waals surface area contributed by atoms with Crippen LogP contribution in [0.1, 0.15) is 35.2 Å². The zero-order valence-corrected chi connectivity index (χ0v) is 14.1. The van der Waals surface area contributed by atoms with E-state index in [1.165, 1.54) is 24.8 Å².